The number of hydrogen-bond acceptors (Lipinski definition) is 4. The van der Waals surface area contributed by atoms with Crippen molar-refractivity contribution in [1.82, 2.24) is 15.3 Å². The predicted octanol–water partition coefficient (Wildman–Crippen LogP) is 0.610. The average molecular weight is 246 g/mol. The van der Waals surface area contributed by atoms with Crippen molar-refractivity contribution in [1.29, 1.82) is 0 Å². The van der Waals surface area contributed by atoms with Crippen LogP contribution in [0.1, 0.15) is 0 Å². The molecule has 1 saturated heterocycles. The van der Waals surface area contributed by atoms with Gasteiger partial charge in [-0.15, -0.1) is 0 Å². The molecule has 3 rings (SSSR count). The van der Waals surface area contributed by atoms with Crippen LogP contribution in [0.4, 0.5) is 10.6 Å². The van der Waals surface area contributed by atoms with Crippen molar-refractivity contribution in [3.8, 4) is 0 Å². The van der Waals surface area contributed by atoms with Crippen molar-refractivity contribution in [2.24, 2.45) is 0 Å². The molecule has 92 valence electrons. The molecule has 2 aromatic rings. The molecule has 18 heavy (non-hydrogen) atoms. The fraction of sp³-hybridized carbons (Fsp3) is 0.182. The van der Waals surface area contributed by atoms with E-state index in [1.807, 2.05) is 12.1 Å². The first kappa shape index (κ1) is 10.6. The second kappa shape index (κ2) is 4.02. The fourth-order valence-corrected chi connectivity index (χ4v) is 1.74. The maximum atomic E-state index is 11.8. The summed E-state index contributed by atoms with van der Waals surface area (Å²) in [4.78, 5) is 29.8. The van der Waals surface area contributed by atoms with Crippen LogP contribution in [0.5, 0.6) is 0 Å². The Balaban J connectivity index is 1.75. The molecule has 0 aromatic carbocycles. The van der Waals surface area contributed by atoms with Gasteiger partial charge in [-0.05, 0) is 18.2 Å². The number of ether oxygens (including phenoxy) is 1. The van der Waals surface area contributed by atoms with Crippen LogP contribution in [-0.2, 0) is 9.53 Å². The lowest BCUT2D eigenvalue weighted by Gasteiger charge is -2.08. The minimum absolute atomic E-state index is 0.0371. The number of carbonyl (C=O) groups is 2. The molecule has 1 atom stereocenters. The predicted molar refractivity (Wildman–Crippen MR) is 63.0 cm³/mol. The number of rotatable bonds is 2. The third-order valence-corrected chi connectivity index (χ3v) is 2.65. The number of H-pyrrole nitrogens is 1. The molecule has 2 aromatic heterocycles. The molecule has 1 aliphatic heterocycles. The van der Waals surface area contributed by atoms with Gasteiger partial charge in [-0.25, -0.2) is 9.78 Å². The Morgan fingerprint density at radius 2 is 2.33 bits per heavy atom. The molecule has 7 nitrogen and oxygen atoms in total. The first-order valence-electron chi connectivity index (χ1n) is 5.41. The Hall–Kier alpha value is -2.57. The number of pyridine rings is 1. The number of fused-ring (bicyclic) bond motifs is 1. The molecule has 0 spiro atoms. The van der Waals surface area contributed by atoms with Crippen LogP contribution in [0.15, 0.2) is 24.4 Å². The summed E-state index contributed by atoms with van der Waals surface area (Å²) in [7, 11) is 0. The zero-order chi connectivity index (χ0) is 12.5. The normalized spacial score (nSPS) is 18.4. The second-order valence-corrected chi connectivity index (χ2v) is 3.90. The number of nitrogens with zero attached hydrogens (tertiary/aromatic N) is 1. The van der Waals surface area contributed by atoms with Crippen LogP contribution in [0.3, 0.4) is 0 Å². The Morgan fingerprint density at radius 3 is 3.11 bits per heavy atom. The van der Waals surface area contributed by atoms with Gasteiger partial charge < -0.3 is 20.4 Å². The van der Waals surface area contributed by atoms with E-state index in [1.165, 1.54) is 0 Å². The van der Waals surface area contributed by atoms with E-state index in [4.69, 9.17) is 0 Å². The van der Waals surface area contributed by atoms with Gasteiger partial charge in [0.05, 0.1) is 0 Å². The number of aromatic amines is 1. The number of hydrogen-bond donors (Lipinski definition) is 3. The largest absolute Gasteiger partial charge is 0.447 e. The quantitative estimate of drug-likeness (QED) is 0.723. The van der Waals surface area contributed by atoms with Crippen molar-refractivity contribution in [2.75, 3.05) is 11.9 Å². The number of nitrogens with one attached hydrogen (secondary N) is 3. The van der Waals surface area contributed by atoms with Crippen LogP contribution in [0, 0.1) is 0 Å². The highest BCUT2D eigenvalue weighted by Gasteiger charge is 2.28. The van der Waals surface area contributed by atoms with E-state index in [9.17, 15) is 9.59 Å². The van der Waals surface area contributed by atoms with Crippen molar-refractivity contribution in [2.45, 2.75) is 6.04 Å². The molecule has 0 aliphatic carbocycles. The van der Waals surface area contributed by atoms with E-state index in [1.54, 1.807) is 12.3 Å². The maximum Gasteiger partial charge on any atom is 0.407 e. The molecular formula is C11H10N4O3. The summed E-state index contributed by atoms with van der Waals surface area (Å²) >= 11 is 0. The molecule has 1 fully saturated rings. The number of carbonyl (C=O) groups excluding carboxylic acids is 2. The van der Waals surface area contributed by atoms with E-state index in [2.05, 4.69) is 25.3 Å². The van der Waals surface area contributed by atoms with E-state index in [0.29, 0.717) is 11.5 Å². The lowest BCUT2D eigenvalue weighted by molar-refractivity contribution is -0.117. The van der Waals surface area contributed by atoms with Crippen LogP contribution in [0.25, 0.3) is 11.0 Å². The Kier molecular flexibility index (Phi) is 2.36. The van der Waals surface area contributed by atoms with Gasteiger partial charge in [0.15, 0.2) is 0 Å². The first-order chi connectivity index (χ1) is 8.72. The highest BCUT2D eigenvalue weighted by molar-refractivity contribution is 5.97. The van der Waals surface area contributed by atoms with Gasteiger partial charge >= 0.3 is 6.09 Å². The Morgan fingerprint density at radius 1 is 1.44 bits per heavy atom. The van der Waals surface area contributed by atoms with Crippen molar-refractivity contribution >= 4 is 28.9 Å². The summed E-state index contributed by atoms with van der Waals surface area (Å²) in [5.74, 6) is 0.0790. The smallest absolute Gasteiger partial charge is 0.407 e. The van der Waals surface area contributed by atoms with Gasteiger partial charge in [0.2, 0.25) is 0 Å². The van der Waals surface area contributed by atoms with Gasteiger partial charge in [-0.3, -0.25) is 4.79 Å². The van der Waals surface area contributed by atoms with Gasteiger partial charge in [-0.2, -0.15) is 0 Å². The molecule has 3 N–H and O–H groups in total. The minimum atomic E-state index is -0.668. The van der Waals surface area contributed by atoms with E-state index in [-0.39, 0.29) is 12.5 Å². The van der Waals surface area contributed by atoms with E-state index < -0.39 is 12.1 Å². The molecule has 1 aliphatic rings. The fourth-order valence-electron chi connectivity index (χ4n) is 1.74. The summed E-state index contributed by atoms with van der Waals surface area (Å²) in [5.41, 5.74) is 0.694. The number of aromatic nitrogens is 2. The number of alkyl carbamates (subject to hydrolysis) is 1. The third-order valence-electron chi connectivity index (χ3n) is 2.65. The molecular weight excluding hydrogens is 236 g/mol. The zero-order valence-corrected chi connectivity index (χ0v) is 9.27. The number of amides is 2. The van der Waals surface area contributed by atoms with Gasteiger partial charge in [0.25, 0.3) is 5.91 Å². The highest BCUT2D eigenvalue weighted by Crippen LogP contribution is 2.13. The molecule has 2 amide bonds. The lowest BCUT2D eigenvalue weighted by atomic mass is 10.3. The van der Waals surface area contributed by atoms with Crippen LogP contribution < -0.4 is 10.6 Å². The molecule has 0 bridgehead atoms. The van der Waals surface area contributed by atoms with Crippen LogP contribution in [0.2, 0.25) is 0 Å². The van der Waals surface area contributed by atoms with Crippen molar-refractivity contribution in [3.05, 3.63) is 24.4 Å². The first-order valence-corrected chi connectivity index (χ1v) is 5.41. The summed E-state index contributed by atoms with van der Waals surface area (Å²) in [6.45, 7) is 0.0371. The monoisotopic (exact) mass is 246 g/mol. The number of anilines is 1. The number of cyclic esters (lactones) is 1. The standard InChI is InChI=1S/C11H10N4O3/c16-10(7-5-18-11(17)13-7)15-8-2-1-6-3-4-12-9(6)14-8/h1-4,7H,5H2,(H,13,17)(H2,12,14,15,16). The molecule has 3 heterocycles. The molecule has 7 heteroatoms. The Labute approximate surface area is 102 Å². The topological polar surface area (TPSA) is 96.1 Å². The molecule has 0 saturated carbocycles. The van der Waals surface area contributed by atoms with Gasteiger partial charge in [-0.1, -0.05) is 0 Å². The van der Waals surface area contributed by atoms with Crippen LogP contribution in [-0.4, -0.2) is 34.6 Å². The van der Waals surface area contributed by atoms with Crippen molar-refractivity contribution in [3.63, 3.8) is 0 Å². The minimum Gasteiger partial charge on any atom is -0.447 e. The van der Waals surface area contributed by atoms with E-state index >= 15 is 0 Å². The third kappa shape index (κ3) is 1.86. The van der Waals surface area contributed by atoms with Gasteiger partial charge in [0, 0.05) is 11.6 Å². The lowest BCUT2D eigenvalue weighted by Crippen LogP contribution is -2.38. The maximum absolute atomic E-state index is 11.8. The Bertz CT molecular complexity index is 622. The summed E-state index contributed by atoms with van der Waals surface area (Å²) < 4.78 is 4.64. The average Bonchev–Trinajstić information content (AvgIpc) is 2.96. The SMILES string of the molecule is O=C1NC(C(=O)Nc2ccc3cc[nH]c3n2)CO1. The van der Waals surface area contributed by atoms with Gasteiger partial charge in [0.1, 0.15) is 24.1 Å². The summed E-state index contributed by atoms with van der Waals surface area (Å²) in [6, 6.07) is 4.77. The highest BCUT2D eigenvalue weighted by atomic mass is 16.6. The van der Waals surface area contributed by atoms with Crippen molar-refractivity contribution < 1.29 is 14.3 Å². The van der Waals surface area contributed by atoms with Crippen LogP contribution >= 0.6 is 0 Å². The summed E-state index contributed by atoms with van der Waals surface area (Å²) in [5, 5.41) is 5.98. The second-order valence-electron chi connectivity index (χ2n) is 3.90. The summed E-state index contributed by atoms with van der Waals surface area (Å²) in [6.07, 6.45) is 1.19. The van der Waals surface area contributed by atoms with E-state index in [0.717, 1.165) is 5.39 Å². The molecule has 0 radical (unpaired) electrons. The molecule has 1 unspecified atom stereocenters. The zero-order valence-electron chi connectivity index (χ0n) is 9.27.